The van der Waals surface area contributed by atoms with Crippen molar-refractivity contribution < 1.29 is 0 Å². The van der Waals surface area contributed by atoms with Crippen LogP contribution in [0.4, 0.5) is 0 Å². The molecule has 4 aromatic heterocycles. The smallest absolute Gasteiger partial charge is 0.143 e. The normalized spacial score (nSPS) is 11.9. The number of hydrogen-bond donors (Lipinski definition) is 0. The van der Waals surface area contributed by atoms with Crippen LogP contribution in [-0.2, 0) is 0 Å². The molecule has 238 valence electrons. The SMILES string of the molecule is c1ccc2c(c1)sc1c(-c3ccc(-c4ccc5sc6nc(-c7ccc(-c8cccc9c8sc8ccccc89)cc7)cnc6c5c4)cc3)cccc12. The van der Waals surface area contributed by atoms with E-state index >= 15 is 0 Å². The van der Waals surface area contributed by atoms with Crippen LogP contribution in [0.3, 0.4) is 0 Å². The Labute approximate surface area is 305 Å². The second-order valence-corrected chi connectivity index (χ2v) is 16.1. The van der Waals surface area contributed by atoms with Crippen molar-refractivity contribution in [1.29, 1.82) is 0 Å². The summed E-state index contributed by atoms with van der Waals surface area (Å²) in [5, 5.41) is 6.45. The molecule has 0 saturated heterocycles. The molecule has 2 nitrogen and oxygen atoms in total. The highest BCUT2D eigenvalue weighted by molar-refractivity contribution is 7.27. The zero-order valence-electron chi connectivity index (χ0n) is 27.1. The summed E-state index contributed by atoms with van der Waals surface area (Å²) in [4.78, 5) is 11.1. The molecule has 0 aliphatic carbocycles. The molecule has 0 amide bonds. The van der Waals surface area contributed by atoms with Crippen molar-refractivity contribution in [1.82, 2.24) is 9.97 Å². The number of thiophene rings is 3. The summed E-state index contributed by atoms with van der Waals surface area (Å²) < 4.78 is 6.53. The molecule has 0 unspecified atom stereocenters. The second kappa shape index (κ2) is 11.4. The molecule has 0 bridgehead atoms. The maximum Gasteiger partial charge on any atom is 0.143 e. The quantitative estimate of drug-likeness (QED) is 0.182. The van der Waals surface area contributed by atoms with Crippen LogP contribution >= 0.6 is 34.0 Å². The van der Waals surface area contributed by atoms with Gasteiger partial charge >= 0.3 is 0 Å². The molecule has 0 fully saturated rings. The van der Waals surface area contributed by atoms with Gasteiger partial charge in [-0.25, -0.2) is 4.98 Å². The van der Waals surface area contributed by atoms with Crippen molar-refractivity contribution in [3.8, 4) is 44.6 Å². The van der Waals surface area contributed by atoms with Crippen LogP contribution in [0.1, 0.15) is 0 Å². The van der Waals surface area contributed by atoms with Gasteiger partial charge in [0.1, 0.15) is 10.3 Å². The van der Waals surface area contributed by atoms with Gasteiger partial charge in [-0.3, -0.25) is 4.98 Å². The van der Waals surface area contributed by atoms with E-state index in [1.165, 1.54) is 78.4 Å². The van der Waals surface area contributed by atoms with Gasteiger partial charge in [0.25, 0.3) is 0 Å². The van der Waals surface area contributed by atoms with E-state index in [9.17, 15) is 0 Å². The lowest BCUT2D eigenvalue weighted by atomic mass is 9.98. The zero-order chi connectivity index (χ0) is 33.5. The first-order chi connectivity index (χ1) is 25.2. The fourth-order valence-corrected chi connectivity index (χ4v) is 11.0. The highest BCUT2D eigenvalue weighted by Crippen LogP contribution is 2.42. The molecule has 51 heavy (non-hydrogen) atoms. The maximum absolute atomic E-state index is 5.11. The van der Waals surface area contributed by atoms with Crippen LogP contribution in [-0.4, -0.2) is 9.97 Å². The number of nitrogens with zero attached hydrogens (tertiary/aromatic N) is 2. The second-order valence-electron chi connectivity index (χ2n) is 12.9. The van der Waals surface area contributed by atoms with Gasteiger partial charge in [0, 0.05) is 56.0 Å². The van der Waals surface area contributed by atoms with E-state index in [1.54, 1.807) is 11.3 Å². The number of fused-ring (bicyclic) bond motifs is 9. The minimum atomic E-state index is 0.894. The summed E-state index contributed by atoms with van der Waals surface area (Å²) in [6.45, 7) is 0. The zero-order valence-corrected chi connectivity index (χ0v) is 29.6. The van der Waals surface area contributed by atoms with Crippen LogP contribution in [0.25, 0.3) is 105 Å². The fraction of sp³-hybridized carbons (Fsp3) is 0. The molecule has 0 spiro atoms. The molecule has 4 heterocycles. The van der Waals surface area contributed by atoms with Gasteiger partial charge in [-0.05, 0) is 57.6 Å². The van der Waals surface area contributed by atoms with Crippen LogP contribution in [0.15, 0.2) is 158 Å². The third-order valence-electron chi connectivity index (χ3n) is 10.0. The topological polar surface area (TPSA) is 25.8 Å². The average molecular weight is 703 g/mol. The molecule has 11 rings (SSSR count). The molecule has 7 aromatic carbocycles. The largest absolute Gasteiger partial charge is 0.251 e. The van der Waals surface area contributed by atoms with E-state index in [4.69, 9.17) is 9.97 Å². The fourth-order valence-electron chi connectivity index (χ4n) is 7.47. The Morgan fingerprint density at radius 1 is 0.373 bits per heavy atom. The van der Waals surface area contributed by atoms with Gasteiger partial charge in [0.15, 0.2) is 0 Å². The number of hydrogen-bond acceptors (Lipinski definition) is 5. The van der Waals surface area contributed by atoms with Crippen molar-refractivity contribution in [2.75, 3.05) is 0 Å². The van der Waals surface area contributed by atoms with Crippen molar-refractivity contribution in [2.45, 2.75) is 0 Å². The predicted octanol–water partition coefficient (Wildman–Crippen LogP) is 14.2. The first-order valence-electron chi connectivity index (χ1n) is 17.0. The van der Waals surface area contributed by atoms with Crippen LogP contribution < -0.4 is 0 Å². The Kier molecular flexibility index (Phi) is 6.50. The van der Waals surface area contributed by atoms with Crippen molar-refractivity contribution in [3.05, 3.63) is 158 Å². The van der Waals surface area contributed by atoms with Crippen LogP contribution in [0.2, 0.25) is 0 Å². The molecule has 5 heteroatoms. The van der Waals surface area contributed by atoms with E-state index in [0.717, 1.165) is 27.0 Å². The minimum absolute atomic E-state index is 0.894. The molecule has 0 N–H and O–H groups in total. The summed E-state index contributed by atoms with van der Waals surface area (Å²) in [6, 6.07) is 55.1. The molecular formula is C46H26N2S3. The standard InChI is InChI=1S/C46H26N2S3/c1-3-13-40-34(7-1)36-11-5-9-32(44(36)49-40)28-17-15-27(16-18-28)31-23-24-42-38(25-31)43-46(51-42)48-39(26-47-43)30-21-19-29(20-22-30)33-10-6-12-37-35-8-2-4-14-41(35)50-45(33)37/h1-26H. The lowest BCUT2D eigenvalue weighted by Gasteiger charge is -2.07. The molecule has 0 radical (unpaired) electrons. The molecular weight excluding hydrogens is 677 g/mol. The summed E-state index contributed by atoms with van der Waals surface area (Å²) in [5.41, 5.74) is 10.3. The molecule has 11 aromatic rings. The van der Waals surface area contributed by atoms with E-state index in [2.05, 4.69) is 152 Å². The summed E-state index contributed by atoms with van der Waals surface area (Å²) in [7, 11) is 0. The van der Waals surface area contributed by atoms with Gasteiger partial charge in [0.05, 0.1) is 11.9 Å². The van der Waals surface area contributed by atoms with Gasteiger partial charge in [-0.15, -0.1) is 34.0 Å². The lowest BCUT2D eigenvalue weighted by Crippen LogP contribution is -1.87. The summed E-state index contributed by atoms with van der Waals surface area (Å²) >= 11 is 5.45. The van der Waals surface area contributed by atoms with E-state index < -0.39 is 0 Å². The third-order valence-corrected chi connectivity index (χ3v) is 13.5. The Morgan fingerprint density at radius 3 is 1.51 bits per heavy atom. The average Bonchev–Trinajstić information content (AvgIpc) is 3.89. The van der Waals surface area contributed by atoms with Crippen molar-refractivity contribution in [3.63, 3.8) is 0 Å². The Balaban J connectivity index is 0.905. The van der Waals surface area contributed by atoms with E-state index in [-0.39, 0.29) is 0 Å². The Hall–Kier alpha value is -5.72. The number of benzene rings is 7. The van der Waals surface area contributed by atoms with Crippen LogP contribution in [0.5, 0.6) is 0 Å². The molecule has 0 aliphatic rings. The first kappa shape index (κ1) is 29.1. The summed E-state index contributed by atoms with van der Waals surface area (Å²) in [6.07, 6.45) is 1.92. The monoisotopic (exact) mass is 702 g/mol. The van der Waals surface area contributed by atoms with Crippen molar-refractivity contribution in [2.24, 2.45) is 0 Å². The Morgan fingerprint density at radius 2 is 0.882 bits per heavy atom. The lowest BCUT2D eigenvalue weighted by molar-refractivity contribution is 1.32. The van der Waals surface area contributed by atoms with Crippen molar-refractivity contribution >= 4 is 94.8 Å². The molecule has 0 aliphatic heterocycles. The first-order valence-corrected chi connectivity index (χ1v) is 19.4. The highest BCUT2D eigenvalue weighted by Gasteiger charge is 2.14. The molecule has 0 saturated carbocycles. The Bertz CT molecular complexity index is 3130. The number of rotatable bonds is 4. The minimum Gasteiger partial charge on any atom is -0.251 e. The molecule has 0 atom stereocenters. The van der Waals surface area contributed by atoms with Crippen LogP contribution in [0, 0.1) is 0 Å². The van der Waals surface area contributed by atoms with E-state index in [1.807, 2.05) is 28.9 Å². The third kappa shape index (κ3) is 4.66. The predicted molar refractivity (Wildman–Crippen MR) is 222 cm³/mol. The van der Waals surface area contributed by atoms with Gasteiger partial charge in [-0.1, -0.05) is 127 Å². The van der Waals surface area contributed by atoms with Gasteiger partial charge < -0.3 is 0 Å². The van der Waals surface area contributed by atoms with Gasteiger partial charge in [0.2, 0.25) is 0 Å². The number of aromatic nitrogens is 2. The highest BCUT2D eigenvalue weighted by atomic mass is 32.1. The van der Waals surface area contributed by atoms with Gasteiger partial charge in [-0.2, -0.15) is 0 Å². The maximum atomic E-state index is 5.11. The summed E-state index contributed by atoms with van der Waals surface area (Å²) in [5.74, 6) is 0. The van der Waals surface area contributed by atoms with E-state index in [0.29, 0.717) is 0 Å².